The molecule has 3 aromatic carbocycles. The van der Waals surface area contributed by atoms with Crippen LogP contribution < -0.4 is 10.1 Å². The molecule has 152 valence electrons. The Kier molecular flexibility index (Phi) is 5.13. The number of methoxy groups -OCH3 is 1. The van der Waals surface area contributed by atoms with Gasteiger partial charge in [-0.2, -0.15) is 0 Å². The van der Waals surface area contributed by atoms with E-state index in [1.165, 1.54) is 30.3 Å². The van der Waals surface area contributed by atoms with Gasteiger partial charge < -0.3 is 10.1 Å². The molecule has 0 aliphatic carbocycles. The van der Waals surface area contributed by atoms with Gasteiger partial charge in [-0.3, -0.25) is 9.59 Å². The maximum absolute atomic E-state index is 13.0. The van der Waals surface area contributed by atoms with E-state index < -0.39 is 15.7 Å². The van der Waals surface area contributed by atoms with E-state index in [1.54, 1.807) is 19.2 Å². The van der Waals surface area contributed by atoms with Crippen molar-refractivity contribution in [1.29, 1.82) is 0 Å². The molecule has 0 unspecified atom stereocenters. The highest BCUT2D eigenvalue weighted by Crippen LogP contribution is 2.34. The summed E-state index contributed by atoms with van der Waals surface area (Å²) in [6.07, 6.45) is 0.616. The van der Waals surface area contributed by atoms with Crippen molar-refractivity contribution >= 4 is 21.5 Å². The second-order valence-corrected chi connectivity index (χ2v) is 8.78. The summed E-state index contributed by atoms with van der Waals surface area (Å²) < 4.78 is 31.1. The van der Waals surface area contributed by atoms with Crippen molar-refractivity contribution < 1.29 is 22.7 Å². The fourth-order valence-corrected chi connectivity index (χ4v) is 5.12. The van der Waals surface area contributed by atoms with Crippen molar-refractivity contribution in [2.45, 2.75) is 16.2 Å². The van der Waals surface area contributed by atoms with Gasteiger partial charge in [-0.25, -0.2) is 8.42 Å². The summed E-state index contributed by atoms with van der Waals surface area (Å²) in [7, 11) is -2.28. The van der Waals surface area contributed by atoms with Crippen molar-refractivity contribution in [3.63, 3.8) is 0 Å². The molecule has 0 bridgehead atoms. The molecule has 1 amide bonds. The molecule has 0 spiro atoms. The summed E-state index contributed by atoms with van der Waals surface area (Å²) in [6, 6.07) is 17.8. The van der Waals surface area contributed by atoms with Crippen LogP contribution in [0.4, 0.5) is 0 Å². The van der Waals surface area contributed by atoms with E-state index in [1.807, 2.05) is 24.3 Å². The van der Waals surface area contributed by atoms with E-state index in [4.69, 9.17) is 4.74 Å². The summed E-state index contributed by atoms with van der Waals surface area (Å²) in [5, 5.41) is 2.79. The van der Waals surface area contributed by atoms with Gasteiger partial charge in [0.15, 0.2) is 5.78 Å². The van der Waals surface area contributed by atoms with E-state index in [0.29, 0.717) is 13.0 Å². The van der Waals surface area contributed by atoms with Crippen LogP contribution in [0.25, 0.3) is 0 Å². The van der Waals surface area contributed by atoms with Crippen molar-refractivity contribution in [3.05, 3.63) is 89.0 Å². The molecule has 1 aliphatic rings. The maximum atomic E-state index is 13.0. The molecule has 6 nitrogen and oxygen atoms in total. The molecule has 1 aliphatic heterocycles. The zero-order chi connectivity index (χ0) is 21.3. The second-order valence-electron chi connectivity index (χ2n) is 6.89. The van der Waals surface area contributed by atoms with Crippen LogP contribution in [0, 0.1) is 0 Å². The third-order valence-corrected chi connectivity index (χ3v) is 6.91. The number of rotatable bonds is 5. The van der Waals surface area contributed by atoms with Crippen molar-refractivity contribution in [1.82, 2.24) is 5.32 Å². The Labute approximate surface area is 174 Å². The van der Waals surface area contributed by atoms with Crippen molar-refractivity contribution in [2.75, 3.05) is 13.7 Å². The highest BCUT2D eigenvalue weighted by Gasteiger charge is 2.34. The van der Waals surface area contributed by atoms with E-state index in [-0.39, 0.29) is 32.3 Å². The van der Waals surface area contributed by atoms with Crippen molar-refractivity contribution in [3.8, 4) is 5.75 Å². The molecule has 0 atom stereocenters. The van der Waals surface area contributed by atoms with E-state index >= 15 is 0 Å². The molecule has 0 aromatic heterocycles. The maximum Gasteiger partial charge on any atom is 0.251 e. The van der Waals surface area contributed by atoms with Gasteiger partial charge in [-0.05, 0) is 54.4 Å². The van der Waals surface area contributed by atoms with Crippen molar-refractivity contribution in [2.24, 2.45) is 0 Å². The summed E-state index contributed by atoms with van der Waals surface area (Å²) >= 11 is 0. The lowest BCUT2D eigenvalue weighted by Crippen LogP contribution is -2.27. The molecule has 30 heavy (non-hydrogen) atoms. The normalized spacial score (nSPS) is 13.8. The third kappa shape index (κ3) is 3.48. The molecule has 3 aromatic rings. The van der Waals surface area contributed by atoms with Crippen LogP contribution in [0.2, 0.25) is 0 Å². The zero-order valence-electron chi connectivity index (χ0n) is 16.2. The summed E-state index contributed by atoms with van der Waals surface area (Å²) in [4.78, 5) is 25.1. The summed E-state index contributed by atoms with van der Waals surface area (Å²) in [5.41, 5.74) is 1.47. The SMILES string of the molecule is COc1ccc(CCNC(=O)c2ccc3c(c2)S(=O)(=O)c2ccccc2C3=O)cc1. The summed E-state index contributed by atoms with van der Waals surface area (Å²) in [6.45, 7) is 0.386. The quantitative estimate of drug-likeness (QED) is 0.535. The van der Waals surface area contributed by atoms with Crippen LogP contribution in [-0.4, -0.2) is 33.8 Å². The molecule has 0 fully saturated rings. The molecule has 0 radical (unpaired) electrons. The van der Waals surface area contributed by atoms with E-state index in [2.05, 4.69) is 5.32 Å². The molecule has 1 heterocycles. The molecular weight excluding hydrogens is 402 g/mol. The first-order valence-electron chi connectivity index (χ1n) is 9.36. The van der Waals surface area contributed by atoms with Gasteiger partial charge in [-0.1, -0.05) is 24.3 Å². The Balaban J connectivity index is 1.53. The number of amides is 1. The number of ketones is 1. The Morgan fingerprint density at radius 2 is 1.63 bits per heavy atom. The number of ether oxygens (including phenoxy) is 1. The molecule has 4 rings (SSSR count). The van der Waals surface area contributed by atoms with E-state index in [9.17, 15) is 18.0 Å². The monoisotopic (exact) mass is 421 g/mol. The number of carbonyl (C=O) groups excluding carboxylic acids is 2. The fourth-order valence-electron chi connectivity index (χ4n) is 3.44. The number of benzene rings is 3. The predicted octanol–water partition coefficient (Wildman–Crippen LogP) is 3.04. The fraction of sp³-hybridized carbons (Fsp3) is 0.130. The average Bonchev–Trinajstić information content (AvgIpc) is 2.78. The van der Waals surface area contributed by atoms with Gasteiger partial charge in [0.1, 0.15) is 5.75 Å². The average molecular weight is 421 g/mol. The van der Waals surface area contributed by atoms with Gasteiger partial charge >= 0.3 is 0 Å². The molecule has 0 saturated heterocycles. The number of nitrogens with one attached hydrogen (secondary N) is 1. The number of hydrogen-bond donors (Lipinski definition) is 1. The molecule has 1 N–H and O–H groups in total. The number of sulfone groups is 1. The lowest BCUT2D eigenvalue weighted by Gasteiger charge is -2.19. The topological polar surface area (TPSA) is 89.5 Å². The number of carbonyl (C=O) groups is 2. The Morgan fingerprint density at radius 1 is 0.933 bits per heavy atom. The highest BCUT2D eigenvalue weighted by atomic mass is 32.2. The third-order valence-electron chi connectivity index (χ3n) is 5.06. The summed E-state index contributed by atoms with van der Waals surface area (Å²) in [5.74, 6) is 0.00360. The van der Waals surface area contributed by atoms with Gasteiger partial charge in [0.25, 0.3) is 5.91 Å². The molecule has 0 saturated carbocycles. The number of hydrogen-bond acceptors (Lipinski definition) is 5. The first-order chi connectivity index (χ1) is 14.4. The highest BCUT2D eigenvalue weighted by molar-refractivity contribution is 7.91. The Hall–Kier alpha value is -3.45. The van der Waals surface area contributed by atoms with Gasteiger partial charge in [0.2, 0.25) is 9.84 Å². The van der Waals surface area contributed by atoms with Crippen LogP contribution in [0.1, 0.15) is 31.8 Å². The van der Waals surface area contributed by atoms with Gasteiger partial charge in [0, 0.05) is 23.2 Å². The second kappa shape index (κ2) is 7.76. The zero-order valence-corrected chi connectivity index (χ0v) is 17.0. The van der Waals surface area contributed by atoms with Crippen LogP contribution in [0.3, 0.4) is 0 Å². The first kappa shape index (κ1) is 19.8. The lowest BCUT2D eigenvalue weighted by molar-refractivity contribution is 0.0952. The smallest absolute Gasteiger partial charge is 0.251 e. The Bertz CT molecular complexity index is 1250. The van der Waals surface area contributed by atoms with Gasteiger partial charge in [-0.15, -0.1) is 0 Å². The minimum atomic E-state index is -3.87. The van der Waals surface area contributed by atoms with Crippen LogP contribution in [0.15, 0.2) is 76.5 Å². The van der Waals surface area contributed by atoms with Crippen LogP contribution in [0.5, 0.6) is 5.75 Å². The minimum absolute atomic E-state index is 0.0282. The van der Waals surface area contributed by atoms with Gasteiger partial charge in [0.05, 0.1) is 16.9 Å². The standard InChI is InChI=1S/C23H19NO5S/c1-29-17-9-6-15(7-10-17)12-13-24-23(26)16-8-11-19-21(14-16)30(27,28)20-5-3-2-4-18(20)22(19)25/h2-11,14H,12-13H2,1H3,(H,24,26). The van der Waals surface area contributed by atoms with Crippen LogP contribution in [-0.2, 0) is 16.3 Å². The largest absolute Gasteiger partial charge is 0.497 e. The molecular formula is C23H19NO5S. The molecule has 7 heteroatoms. The first-order valence-corrected chi connectivity index (χ1v) is 10.8. The minimum Gasteiger partial charge on any atom is -0.497 e. The Morgan fingerprint density at radius 3 is 2.37 bits per heavy atom. The number of fused-ring (bicyclic) bond motifs is 2. The predicted molar refractivity (Wildman–Crippen MR) is 111 cm³/mol. The van der Waals surface area contributed by atoms with Crippen LogP contribution >= 0.6 is 0 Å². The lowest BCUT2D eigenvalue weighted by atomic mass is 10.0. The van der Waals surface area contributed by atoms with E-state index in [0.717, 1.165) is 11.3 Å².